The summed E-state index contributed by atoms with van der Waals surface area (Å²) in [5, 5.41) is 8.99. The second-order valence-corrected chi connectivity index (χ2v) is 22.3. The van der Waals surface area contributed by atoms with Crippen molar-refractivity contribution in [3.63, 3.8) is 0 Å². The summed E-state index contributed by atoms with van der Waals surface area (Å²) in [5.74, 6) is 0. The maximum atomic E-state index is 2.46. The molecule has 0 aliphatic heterocycles. The number of nitrogens with zero attached hydrogens (tertiary/aromatic N) is 2. The van der Waals surface area contributed by atoms with Gasteiger partial charge in [0.25, 0.3) is 0 Å². The van der Waals surface area contributed by atoms with E-state index in [1.807, 2.05) is 0 Å². The average molecular weight is 711 g/mol. The molecule has 0 atom stereocenters. The van der Waals surface area contributed by atoms with Gasteiger partial charge in [-0.15, -0.1) is 0 Å². The summed E-state index contributed by atoms with van der Waals surface area (Å²) < 4.78 is 0. The minimum atomic E-state index is -2.27. The number of benzene rings is 6. The molecule has 0 N–H and O–H groups in total. The Hall–Kier alpha value is -4.22. The molecule has 0 radical (unpaired) electrons. The Morgan fingerprint density at radius 2 is 0.706 bits per heavy atom. The average Bonchev–Trinajstić information content (AvgIpc) is 3.20. The zero-order chi connectivity index (χ0) is 35.5. The number of anilines is 2. The van der Waals surface area contributed by atoms with Gasteiger partial charge in [-0.1, -0.05) is 0 Å². The second kappa shape index (κ2) is 17.3. The van der Waals surface area contributed by atoms with E-state index in [1.54, 1.807) is 0 Å². The quantitative estimate of drug-likeness (QED) is 0.0735. The summed E-state index contributed by atoms with van der Waals surface area (Å²) in [6, 6.07) is 64.5. The Bertz CT molecular complexity index is 1810. The molecule has 0 aliphatic rings. The zero-order valence-electron chi connectivity index (χ0n) is 31.0. The molecule has 0 saturated carbocycles. The number of hydrogen-bond donors (Lipinski definition) is 0. The molecule has 4 heteroatoms. The molecule has 6 aromatic carbocycles. The molecule has 0 aliphatic carbocycles. The van der Waals surface area contributed by atoms with Gasteiger partial charge in [0, 0.05) is 0 Å². The maximum absolute atomic E-state index is 2.46. The van der Waals surface area contributed by atoms with Crippen LogP contribution in [0.2, 0.25) is 0 Å². The van der Waals surface area contributed by atoms with E-state index in [1.165, 1.54) is 74.8 Å². The van der Waals surface area contributed by atoms with E-state index in [0.717, 1.165) is 13.0 Å². The van der Waals surface area contributed by atoms with Crippen molar-refractivity contribution in [2.45, 2.75) is 32.6 Å². The Balaban J connectivity index is 1.24. The molecule has 0 heterocycles. The molecule has 0 spiro atoms. The third kappa shape index (κ3) is 7.99. The normalized spacial score (nSPS) is 12.3. The van der Waals surface area contributed by atoms with Gasteiger partial charge in [-0.2, -0.15) is 0 Å². The molecular weight excluding hydrogens is 654 g/mol. The number of unbranched alkanes of at least 4 members (excludes halogenated alkanes) is 2. The van der Waals surface area contributed by atoms with Gasteiger partial charge in [0.2, 0.25) is 0 Å². The van der Waals surface area contributed by atoms with Crippen LogP contribution in [0.1, 0.15) is 32.6 Å². The summed E-state index contributed by atoms with van der Waals surface area (Å²) >= 11 is 0. The van der Waals surface area contributed by atoms with Crippen LogP contribution in [-0.2, 0) is 0 Å². The first-order valence-electron chi connectivity index (χ1n) is 18.8. The first-order chi connectivity index (χ1) is 25.0. The van der Waals surface area contributed by atoms with Crippen molar-refractivity contribution in [3.05, 3.63) is 170 Å². The van der Waals surface area contributed by atoms with Crippen LogP contribution >= 0.6 is 14.5 Å². The molecule has 0 fully saturated rings. The standard InChI is InChI=1S/C47H56N2P2/c1-5-6-38-50(42-21-11-7-12-22-42,43-23-13-8-14-24-43)47-35-31-41(32-36-47)49(4)37-19-20-39-51(44-25-15-9-16-26-44,45-27-17-10-18-28-45)46-33-29-40(30-34-46)48(2)3/h7-18,21-36,50-51H,5-6,19-20,37-39H2,1-4H3. The van der Waals surface area contributed by atoms with Gasteiger partial charge in [0.15, 0.2) is 0 Å². The van der Waals surface area contributed by atoms with Crippen molar-refractivity contribution < 1.29 is 0 Å². The second-order valence-electron chi connectivity index (χ2n) is 14.2. The number of hydrogen-bond acceptors (Lipinski definition) is 2. The fraction of sp³-hybridized carbons (Fsp3) is 0.234. The molecule has 51 heavy (non-hydrogen) atoms. The first-order valence-corrected chi connectivity index (χ1v) is 23.2. The Labute approximate surface area is 308 Å². The fourth-order valence-electron chi connectivity index (χ4n) is 8.11. The van der Waals surface area contributed by atoms with Crippen molar-refractivity contribution in [2.75, 3.05) is 49.8 Å². The summed E-state index contributed by atoms with van der Waals surface area (Å²) in [7, 11) is 2.06. The molecular formula is C47H56N2P2. The molecule has 6 aromatic rings. The van der Waals surface area contributed by atoms with Crippen molar-refractivity contribution in [2.24, 2.45) is 0 Å². The summed E-state index contributed by atoms with van der Waals surface area (Å²) in [6.07, 6.45) is 7.14. The van der Waals surface area contributed by atoms with E-state index in [-0.39, 0.29) is 0 Å². The molecule has 0 unspecified atom stereocenters. The Morgan fingerprint density at radius 3 is 1.06 bits per heavy atom. The molecule has 0 aromatic heterocycles. The van der Waals surface area contributed by atoms with Gasteiger partial charge in [-0.05, 0) is 0 Å². The van der Waals surface area contributed by atoms with E-state index >= 15 is 0 Å². The predicted octanol–water partition coefficient (Wildman–Crippen LogP) is 8.52. The molecule has 6 rings (SSSR count). The van der Waals surface area contributed by atoms with Crippen LogP contribution in [-0.4, -0.2) is 40.0 Å². The van der Waals surface area contributed by atoms with Gasteiger partial charge >= 0.3 is 310 Å². The fourth-order valence-corrected chi connectivity index (χ4v) is 18.0. The van der Waals surface area contributed by atoms with Crippen molar-refractivity contribution in [3.8, 4) is 0 Å². The van der Waals surface area contributed by atoms with E-state index in [2.05, 4.69) is 208 Å². The van der Waals surface area contributed by atoms with Crippen LogP contribution in [0.5, 0.6) is 0 Å². The van der Waals surface area contributed by atoms with Crippen LogP contribution in [0.15, 0.2) is 170 Å². The van der Waals surface area contributed by atoms with Crippen LogP contribution in [0.25, 0.3) is 0 Å². The van der Waals surface area contributed by atoms with E-state index in [0.29, 0.717) is 0 Å². The third-order valence-corrected chi connectivity index (χ3v) is 21.1. The SMILES string of the molecule is CCCC[PH](c1ccccc1)(c1ccccc1)c1ccc(N(C)CCCC[PH](c2ccccc2)(c2ccccc2)c2ccc(N(C)C)cc2)cc1. The summed E-state index contributed by atoms with van der Waals surface area (Å²) in [4.78, 5) is 4.65. The van der Waals surface area contributed by atoms with Gasteiger partial charge in [0.1, 0.15) is 0 Å². The molecule has 2 nitrogen and oxygen atoms in total. The third-order valence-electron chi connectivity index (χ3n) is 10.9. The van der Waals surface area contributed by atoms with Gasteiger partial charge in [-0.25, -0.2) is 0 Å². The first kappa shape index (κ1) is 36.6. The van der Waals surface area contributed by atoms with Crippen molar-refractivity contribution in [1.82, 2.24) is 0 Å². The van der Waals surface area contributed by atoms with Crippen LogP contribution in [0.3, 0.4) is 0 Å². The van der Waals surface area contributed by atoms with E-state index < -0.39 is 14.5 Å². The monoisotopic (exact) mass is 710 g/mol. The van der Waals surface area contributed by atoms with E-state index in [9.17, 15) is 0 Å². The Morgan fingerprint density at radius 1 is 0.373 bits per heavy atom. The molecule has 0 amide bonds. The number of rotatable bonds is 16. The Kier molecular flexibility index (Phi) is 12.4. The van der Waals surface area contributed by atoms with Crippen LogP contribution in [0, 0.1) is 0 Å². The van der Waals surface area contributed by atoms with Crippen molar-refractivity contribution >= 4 is 57.7 Å². The minimum absolute atomic E-state index is 1.03. The summed E-state index contributed by atoms with van der Waals surface area (Å²) in [6.45, 7) is 3.35. The van der Waals surface area contributed by atoms with Crippen molar-refractivity contribution in [1.29, 1.82) is 0 Å². The molecule has 0 saturated heterocycles. The topological polar surface area (TPSA) is 6.48 Å². The zero-order valence-corrected chi connectivity index (χ0v) is 33.0. The molecule has 0 bridgehead atoms. The van der Waals surface area contributed by atoms with Gasteiger partial charge in [0.05, 0.1) is 0 Å². The molecule has 264 valence electrons. The van der Waals surface area contributed by atoms with Crippen LogP contribution in [0.4, 0.5) is 11.4 Å². The predicted molar refractivity (Wildman–Crippen MR) is 235 cm³/mol. The summed E-state index contributed by atoms with van der Waals surface area (Å²) in [5.41, 5.74) is 2.54. The van der Waals surface area contributed by atoms with Gasteiger partial charge < -0.3 is 0 Å². The van der Waals surface area contributed by atoms with E-state index in [4.69, 9.17) is 0 Å². The van der Waals surface area contributed by atoms with Crippen LogP contribution < -0.4 is 41.6 Å². The van der Waals surface area contributed by atoms with Gasteiger partial charge in [-0.3, -0.25) is 0 Å².